The van der Waals surface area contributed by atoms with E-state index >= 15 is 0 Å². The number of rotatable bonds is 8. The first-order valence-corrected chi connectivity index (χ1v) is 6.75. The second-order valence-electron chi connectivity index (χ2n) is 4.29. The lowest BCUT2D eigenvalue weighted by Gasteiger charge is -2.11. The van der Waals surface area contributed by atoms with Crippen LogP contribution in [0.1, 0.15) is 42.6 Å². The van der Waals surface area contributed by atoms with Crippen molar-refractivity contribution in [1.82, 2.24) is 5.32 Å². The van der Waals surface area contributed by atoms with Gasteiger partial charge in [0.1, 0.15) is 5.75 Å². The van der Waals surface area contributed by atoms with Gasteiger partial charge in [0, 0.05) is 24.3 Å². The average molecular weight is 265 g/mol. The highest BCUT2D eigenvalue weighted by Gasteiger charge is 2.09. The van der Waals surface area contributed by atoms with Crippen molar-refractivity contribution in [1.29, 1.82) is 0 Å². The van der Waals surface area contributed by atoms with Crippen molar-refractivity contribution in [2.24, 2.45) is 0 Å². The molecule has 1 aromatic rings. The van der Waals surface area contributed by atoms with Crippen molar-refractivity contribution in [2.45, 2.75) is 33.3 Å². The Morgan fingerprint density at radius 2 is 2.11 bits per heavy atom. The lowest BCUT2D eigenvalue weighted by atomic mass is 10.1. The smallest absolute Gasteiger partial charge is 0.251 e. The van der Waals surface area contributed by atoms with Crippen LogP contribution in [0.25, 0.3) is 0 Å². The van der Waals surface area contributed by atoms with Crippen LogP contribution in [0.3, 0.4) is 0 Å². The summed E-state index contributed by atoms with van der Waals surface area (Å²) in [6.07, 6.45) is 2.15. The zero-order chi connectivity index (χ0) is 14.1. The molecule has 1 N–H and O–H groups in total. The number of benzene rings is 1. The maximum Gasteiger partial charge on any atom is 0.251 e. The monoisotopic (exact) mass is 265 g/mol. The number of hydrogen-bond acceptors (Lipinski definition) is 3. The molecule has 1 rings (SSSR count). The Labute approximate surface area is 115 Å². The van der Waals surface area contributed by atoms with Crippen molar-refractivity contribution in [3.63, 3.8) is 0 Å². The Kier molecular flexibility index (Phi) is 6.97. The molecule has 0 heterocycles. The summed E-state index contributed by atoms with van der Waals surface area (Å²) in [6, 6.07) is 5.40. The van der Waals surface area contributed by atoms with E-state index in [9.17, 15) is 4.79 Å². The Morgan fingerprint density at radius 1 is 1.32 bits per heavy atom. The molecule has 0 aliphatic carbocycles. The Balaban J connectivity index is 2.75. The van der Waals surface area contributed by atoms with Gasteiger partial charge < -0.3 is 14.8 Å². The highest BCUT2D eigenvalue weighted by molar-refractivity contribution is 5.94. The molecule has 0 saturated carbocycles. The third-order valence-electron chi connectivity index (χ3n) is 2.78. The van der Waals surface area contributed by atoms with E-state index in [1.165, 1.54) is 0 Å². The number of methoxy groups -OCH3 is 1. The van der Waals surface area contributed by atoms with Gasteiger partial charge in [-0.15, -0.1) is 0 Å². The van der Waals surface area contributed by atoms with Gasteiger partial charge in [-0.3, -0.25) is 4.79 Å². The van der Waals surface area contributed by atoms with Gasteiger partial charge in [0.15, 0.2) is 0 Å². The quantitative estimate of drug-likeness (QED) is 0.735. The van der Waals surface area contributed by atoms with E-state index in [-0.39, 0.29) is 5.91 Å². The summed E-state index contributed by atoms with van der Waals surface area (Å²) in [6.45, 7) is 5.84. The molecule has 0 radical (unpaired) electrons. The summed E-state index contributed by atoms with van der Waals surface area (Å²) in [7, 11) is 1.62. The van der Waals surface area contributed by atoms with Crippen LogP contribution in [0.15, 0.2) is 18.2 Å². The molecule has 1 amide bonds. The largest absolute Gasteiger partial charge is 0.496 e. The van der Waals surface area contributed by atoms with Gasteiger partial charge in [-0.2, -0.15) is 0 Å². The van der Waals surface area contributed by atoms with Crippen LogP contribution < -0.4 is 10.1 Å². The minimum Gasteiger partial charge on any atom is -0.496 e. The van der Waals surface area contributed by atoms with Gasteiger partial charge in [-0.05, 0) is 31.5 Å². The van der Waals surface area contributed by atoms with E-state index in [4.69, 9.17) is 9.47 Å². The Bertz CT molecular complexity index is 404. The minimum absolute atomic E-state index is 0.0695. The van der Waals surface area contributed by atoms with Crippen LogP contribution in [0.2, 0.25) is 0 Å². The molecular weight excluding hydrogens is 242 g/mol. The fourth-order valence-corrected chi connectivity index (χ4v) is 1.72. The van der Waals surface area contributed by atoms with Crippen LogP contribution >= 0.6 is 0 Å². The summed E-state index contributed by atoms with van der Waals surface area (Å²) in [5.41, 5.74) is 1.54. The first-order valence-electron chi connectivity index (χ1n) is 6.75. The fraction of sp³-hybridized carbons (Fsp3) is 0.533. The molecule has 0 atom stereocenters. The van der Waals surface area contributed by atoms with E-state index in [1.54, 1.807) is 13.2 Å². The Morgan fingerprint density at radius 3 is 2.74 bits per heavy atom. The topological polar surface area (TPSA) is 47.6 Å². The van der Waals surface area contributed by atoms with E-state index in [1.807, 2.05) is 19.1 Å². The van der Waals surface area contributed by atoms with Crippen molar-refractivity contribution >= 4 is 5.91 Å². The lowest BCUT2D eigenvalue weighted by Crippen LogP contribution is -2.22. The minimum atomic E-state index is -0.0695. The molecule has 4 heteroatoms. The predicted molar refractivity (Wildman–Crippen MR) is 75.6 cm³/mol. The molecule has 106 valence electrons. The number of carbonyl (C=O) groups is 1. The summed E-state index contributed by atoms with van der Waals surface area (Å²) in [5, 5.41) is 2.78. The van der Waals surface area contributed by atoms with Crippen molar-refractivity contribution in [3.8, 4) is 5.75 Å². The van der Waals surface area contributed by atoms with Crippen LogP contribution in [-0.4, -0.2) is 26.2 Å². The van der Waals surface area contributed by atoms with Crippen molar-refractivity contribution < 1.29 is 14.3 Å². The highest BCUT2D eigenvalue weighted by atomic mass is 16.5. The third-order valence-corrected chi connectivity index (χ3v) is 2.78. The number of ether oxygens (including phenoxy) is 2. The molecule has 0 bridgehead atoms. The summed E-state index contributed by atoms with van der Waals surface area (Å²) in [5.74, 6) is 0.685. The maximum atomic E-state index is 11.8. The zero-order valence-corrected chi connectivity index (χ0v) is 12.0. The molecule has 19 heavy (non-hydrogen) atoms. The van der Waals surface area contributed by atoms with Gasteiger partial charge in [-0.1, -0.05) is 13.3 Å². The van der Waals surface area contributed by atoms with Crippen LogP contribution in [0.4, 0.5) is 0 Å². The van der Waals surface area contributed by atoms with Gasteiger partial charge in [0.05, 0.1) is 13.7 Å². The van der Waals surface area contributed by atoms with E-state index in [0.717, 1.165) is 30.8 Å². The zero-order valence-electron chi connectivity index (χ0n) is 12.0. The van der Waals surface area contributed by atoms with Gasteiger partial charge >= 0.3 is 0 Å². The molecule has 0 unspecified atom stereocenters. The second-order valence-corrected chi connectivity index (χ2v) is 4.29. The predicted octanol–water partition coefficient (Wildman–Crippen LogP) is 2.76. The normalized spacial score (nSPS) is 10.3. The fourth-order valence-electron chi connectivity index (χ4n) is 1.72. The number of carbonyl (C=O) groups excluding carboxylic acids is 1. The van der Waals surface area contributed by atoms with Crippen LogP contribution in [-0.2, 0) is 11.3 Å². The average Bonchev–Trinajstić information content (AvgIpc) is 2.43. The Hall–Kier alpha value is -1.55. The molecule has 0 fully saturated rings. The molecule has 4 nitrogen and oxygen atoms in total. The van der Waals surface area contributed by atoms with Crippen LogP contribution in [0.5, 0.6) is 5.75 Å². The van der Waals surface area contributed by atoms with Crippen LogP contribution in [0, 0.1) is 0 Å². The van der Waals surface area contributed by atoms with E-state index < -0.39 is 0 Å². The first-order chi connectivity index (χ1) is 9.22. The van der Waals surface area contributed by atoms with E-state index in [0.29, 0.717) is 18.7 Å². The first kappa shape index (κ1) is 15.5. The standard InChI is InChI=1S/C15H23NO3/c1-4-6-9-19-11-13-10-12(15(17)16-5-2)7-8-14(13)18-3/h7-8,10H,4-6,9,11H2,1-3H3,(H,16,17). The van der Waals surface area contributed by atoms with E-state index in [2.05, 4.69) is 12.2 Å². The molecule has 0 aliphatic rings. The molecular formula is C15H23NO3. The molecule has 0 aliphatic heterocycles. The SMILES string of the molecule is CCCCOCc1cc(C(=O)NCC)ccc1OC. The third kappa shape index (κ3) is 4.91. The molecule has 0 aromatic heterocycles. The van der Waals surface area contributed by atoms with Gasteiger partial charge in [0.25, 0.3) is 5.91 Å². The number of hydrogen-bond donors (Lipinski definition) is 1. The van der Waals surface area contributed by atoms with Crippen molar-refractivity contribution in [3.05, 3.63) is 29.3 Å². The summed E-state index contributed by atoms with van der Waals surface area (Å²) < 4.78 is 10.9. The summed E-state index contributed by atoms with van der Waals surface area (Å²) >= 11 is 0. The number of nitrogens with one attached hydrogen (secondary N) is 1. The molecule has 0 spiro atoms. The second kappa shape index (κ2) is 8.53. The number of amides is 1. The number of unbranched alkanes of at least 4 members (excludes halogenated alkanes) is 1. The van der Waals surface area contributed by atoms with Gasteiger partial charge in [-0.25, -0.2) is 0 Å². The van der Waals surface area contributed by atoms with Crippen molar-refractivity contribution in [2.75, 3.05) is 20.3 Å². The highest BCUT2D eigenvalue weighted by Crippen LogP contribution is 2.21. The summed E-state index contributed by atoms with van der Waals surface area (Å²) in [4.78, 5) is 11.8. The maximum absolute atomic E-state index is 11.8. The molecule has 0 saturated heterocycles. The van der Waals surface area contributed by atoms with Gasteiger partial charge in [0.2, 0.25) is 0 Å². The lowest BCUT2D eigenvalue weighted by molar-refractivity contribution is 0.0954. The molecule has 1 aromatic carbocycles.